The van der Waals surface area contributed by atoms with E-state index in [2.05, 4.69) is 21.4 Å². The van der Waals surface area contributed by atoms with Gasteiger partial charge in [0.25, 0.3) is 0 Å². The van der Waals surface area contributed by atoms with Crippen LogP contribution in [0.15, 0.2) is 34.7 Å². The molecule has 0 atom stereocenters. The summed E-state index contributed by atoms with van der Waals surface area (Å²) in [5.41, 5.74) is 4.89. The number of amides is 1. The molecule has 8 heteroatoms. The summed E-state index contributed by atoms with van der Waals surface area (Å²) in [7, 11) is 0. The lowest BCUT2D eigenvalue weighted by Gasteiger charge is -2.10. The molecular weight excluding hydrogens is 407 g/mol. The summed E-state index contributed by atoms with van der Waals surface area (Å²) in [6, 6.07) is 8.27. The third kappa shape index (κ3) is 5.00. The van der Waals surface area contributed by atoms with E-state index in [-0.39, 0.29) is 18.1 Å². The van der Waals surface area contributed by atoms with Gasteiger partial charge in [0.2, 0.25) is 5.91 Å². The Hall–Kier alpha value is -2.76. The van der Waals surface area contributed by atoms with Gasteiger partial charge in [0.1, 0.15) is 16.9 Å². The summed E-state index contributed by atoms with van der Waals surface area (Å²) < 4.78 is 13.0. The fourth-order valence-corrected chi connectivity index (χ4v) is 4.42. The predicted molar refractivity (Wildman–Crippen MR) is 115 cm³/mol. The summed E-state index contributed by atoms with van der Waals surface area (Å²) >= 11 is 2.72. The van der Waals surface area contributed by atoms with Gasteiger partial charge in [-0.2, -0.15) is 5.26 Å². The lowest BCUT2D eigenvalue weighted by Crippen LogP contribution is -2.12. The number of benzene rings is 1. The molecule has 0 aliphatic heterocycles. The van der Waals surface area contributed by atoms with Crippen molar-refractivity contribution in [1.82, 2.24) is 9.97 Å². The van der Waals surface area contributed by atoms with Crippen LogP contribution in [0.1, 0.15) is 28.8 Å². The van der Waals surface area contributed by atoms with E-state index in [9.17, 15) is 14.4 Å². The first kappa shape index (κ1) is 21.0. The Labute approximate surface area is 177 Å². The summed E-state index contributed by atoms with van der Waals surface area (Å²) in [6.45, 7) is 5.79. The van der Waals surface area contributed by atoms with Crippen LogP contribution in [0.2, 0.25) is 0 Å². The minimum atomic E-state index is -0.303. The number of anilines is 1. The summed E-state index contributed by atoms with van der Waals surface area (Å²) in [5, 5.41) is 15.2. The highest BCUT2D eigenvalue weighted by Gasteiger charge is 2.14. The molecule has 3 rings (SSSR count). The highest BCUT2D eigenvalue weighted by Crippen LogP contribution is 2.28. The number of carbonyl (C=O) groups excluding carboxylic acids is 1. The van der Waals surface area contributed by atoms with Crippen LogP contribution in [-0.4, -0.2) is 21.6 Å². The Morgan fingerprint density at radius 2 is 1.93 bits per heavy atom. The largest absolute Gasteiger partial charge is 0.302 e. The second-order valence-corrected chi connectivity index (χ2v) is 8.37. The number of thiazole rings is 1. The maximum absolute atomic E-state index is 13.0. The molecule has 2 heterocycles. The Morgan fingerprint density at radius 3 is 2.62 bits per heavy atom. The molecule has 5 nitrogen and oxygen atoms in total. The van der Waals surface area contributed by atoms with Crippen molar-refractivity contribution in [3.8, 4) is 17.3 Å². The van der Waals surface area contributed by atoms with Gasteiger partial charge < -0.3 is 5.32 Å². The maximum Gasteiger partial charge on any atom is 0.226 e. The van der Waals surface area contributed by atoms with Gasteiger partial charge in [-0.1, -0.05) is 0 Å². The molecule has 0 saturated carbocycles. The monoisotopic (exact) mass is 426 g/mol. The van der Waals surface area contributed by atoms with E-state index in [4.69, 9.17) is 0 Å². The van der Waals surface area contributed by atoms with Crippen LogP contribution in [0.4, 0.5) is 9.52 Å². The molecule has 29 heavy (non-hydrogen) atoms. The number of nitrogens with one attached hydrogen (secondary N) is 1. The molecule has 3 aromatic rings. The molecule has 0 aliphatic carbocycles. The number of nitriles is 1. The minimum absolute atomic E-state index is 0.156. The maximum atomic E-state index is 13.0. The van der Waals surface area contributed by atoms with Crippen molar-refractivity contribution in [2.45, 2.75) is 32.2 Å². The van der Waals surface area contributed by atoms with Crippen molar-refractivity contribution in [3.05, 3.63) is 57.8 Å². The third-order valence-corrected chi connectivity index (χ3v) is 6.27. The number of thioether (sulfide) groups is 1. The topological polar surface area (TPSA) is 78.7 Å². The normalized spacial score (nSPS) is 10.6. The first-order valence-electron chi connectivity index (χ1n) is 8.91. The zero-order valence-corrected chi connectivity index (χ0v) is 17.9. The van der Waals surface area contributed by atoms with Crippen LogP contribution in [0.5, 0.6) is 0 Å². The Kier molecular flexibility index (Phi) is 6.62. The minimum Gasteiger partial charge on any atom is -0.302 e. The number of aryl methyl sites for hydroxylation is 1. The molecule has 1 amide bonds. The molecule has 0 spiro atoms. The van der Waals surface area contributed by atoms with Crippen LogP contribution >= 0.6 is 23.1 Å². The van der Waals surface area contributed by atoms with Gasteiger partial charge >= 0.3 is 0 Å². The average molecular weight is 427 g/mol. The fourth-order valence-electron chi connectivity index (χ4n) is 2.65. The van der Waals surface area contributed by atoms with Gasteiger partial charge in [-0.05, 0) is 56.2 Å². The summed E-state index contributed by atoms with van der Waals surface area (Å²) in [5.74, 6) is 0.0469. The smallest absolute Gasteiger partial charge is 0.226 e. The number of nitrogens with zero attached hydrogens (tertiary/aromatic N) is 3. The highest BCUT2D eigenvalue weighted by atomic mass is 32.2. The quantitative estimate of drug-likeness (QED) is 0.544. The molecule has 2 aromatic heterocycles. The molecule has 148 valence electrons. The number of halogens is 1. The van der Waals surface area contributed by atoms with Gasteiger partial charge in [-0.15, -0.1) is 23.1 Å². The number of hydrogen-bond donors (Lipinski definition) is 1. The van der Waals surface area contributed by atoms with E-state index in [0.29, 0.717) is 27.2 Å². The Bertz CT molecular complexity index is 1090. The second-order valence-electron chi connectivity index (χ2n) is 6.43. The molecule has 1 aromatic carbocycles. The van der Waals surface area contributed by atoms with Crippen molar-refractivity contribution in [2.75, 3.05) is 11.1 Å². The van der Waals surface area contributed by atoms with Gasteiger partial charge in [0.05, 0.1) is 11.3 Å². The Morgan fingerprint density at radius 1 is 1.21 bits per heavy atom. The molecule has 0 aliphatic rings. The number of aromatic nitrogens is 2. The number of pyridine rings is 1. The zero-order chi connectivity index (χ0) is 21.0. The molecular formula is C21H19FN4OS2. The van der Waals surface area contributed by atoms with E-state index >= 15 is 0 Å². The second kappa shape index (κ2) is 9.16. The first-order valence-corrected chi connectivity index (χ1v) is 10.8. The van der Waals surface area contributed by atoms with Gasteiger partial charge in [0.15, 0.2) is 5.13 Å². The zero-order valence-electron chi connectivity index (χ0n) is 16.2. The van der Waals surface area contributed by atoms with E-state index in [1.165, 1.54) is 35.2 Å². The standard InChI is InChI=1S/C21H19FN4OS2/c1-12-13(2)17(10-23)20(24-14(12)3)28-9-8-19(27)26-21-25-18(11-29-21)15-4-6-16(22)7-5-15/h4-7,11H,8-9H2,1-3H3,(H,25,26,27). The van der Waals surface area contributed by atoms with Gasteiger partial charge in [0, 0.05) is 28.8 Å². The van der Waals surface area contributed by atoms with Crippen LogP contribution in [0.3, 0.4) is 0 Å². The van der Waals surface area contributed by atoms with Crippen LogP contribution in [-0.2, 0) is 4.79 Å². The van der Waals surface area contributed by atoms with Crippen molar-refractivity contribution in [3.63, 3.8) is 0 Å². The van der Waals surface area contributed by atoms with Crippen LogP contribution in [0.25, 0.3) is 11.3 Å². The molecule has 0 unspecified atom stereocenters. The third-order valence-electron chi connectivity index (χ3n) is 4.53. The van der Waals surface area contributed by atoms with E-state index in [1.54, 1.807) is 12.1 Å². The van der Waals surface area contributed by atoms with Gasteiger partial charge in [-0.25, -0.2) is 14.4 Å². The highest BCUT2D eigenvalue weighted by molar-refractivity contribution is 7.99. The van der Waals surface area contributed by atoms with Crippen LogP contribution in [0, 0.1) is 37.9 Å². The average Bonchev–Trinajstić information content (AvgIpc) is 3.15. The summed E-state index contributed by atoms with van der Waals surface area (Å²) in [6.07, 6.45) is 0.272. The van der Waals surface area contributed by atoms with Crippen molar-refractivity contribution in [2.24, 2.45) is 0 Å². The van der Waals surface area contributed by atoms with E-state index in [1.807, 2.05) is 26.2 Å². The number of carbonyl (C=O) groups is 1. The molecule has 0 saturated heterocycles. The lowest BCUT2D eigenvalue weighted by molar-refractivity contribution is -0.115. The van der Waals surface area contributed by atoms with Crippen LogP contribution < -0.4 is 5.32 Å². The molecule has 0 bridgehead atoms. The van der Waals surface area contributed by atoms with Crippen molar-refractivity contribution in [1.29, 1.82) is 5.26 Å². The van der Waals surface area contributed by atoms with Crippen molar-refractivity contribution < 1.29 is 9.18 Å². The molecule has 1 N–H and O–H groups in total. The SMILES string of the molecule is Cc1nc(SCCC(=O)Nc2nc(-c3ccc(F)cc3)cs2)c(C#N)c(C)c1C. The first-order chi connectivity index (χ1) is 13.9. The number of rotatable bonds is 6. The van der Waals surface area contributed by atoms with E-state index < -0.39 is 0 Å². The lowest BCUT2D eigenvalue weighted by atomic mass is 10.1. The Balaban J connectivity index is 1.58. The molecule has 0 fully saturated rings. The summed E-state index contributed by atoms with van der Waals surface area (Å²) in [4.78, 5) is 21.1. The van der Waals surface area contributed by atoms with E-state index in [0.717, 1.165) is 22.4 Å². The number of hydrogen-bond acceptors (Lipinski definition) is 6. The predicted octanol–water partition coefficient (Wildman–Crippen LogP) is 5.26. The fraction of sp³-hybridized carbons (Fsp3) is 0.238. The van der Waals surface area contributed by atoms with Crippen molar-refractivity contribution >= 4 is 34.1 Å². The molecule has 0 radical (unpaired) electrons. The van der Waals surface area contributed by atoms with Gasteiger partial charge in [-0.3, -0.25) is 4.79 Å².